The number of aromatic hydroxyl groups is 1. The molecule has 1 aromatic carbocycles. The molecule has 1 heterocycles. The van der Waals surface area contributed by atoms with Gasteiger partial charge in [0.15, 0.2) is 0 Å². The summed E-state index contributed by atoms with van der Waals surface area (Å²) in [4.78, 5) is 2.07. The second-order valence-electron chi connectivity index (χ2n) is 3.81. The minimum Gasteiger partial charge on any atom is -0.507 e. The first-order chi connectivity index (χ1) is 7.18. The molecule has 0 spiro atoms. The number of phenols is 1. The number of nitrogens with one attached hydrogen (secondary N) is 1. The van der Waals surface area contributed by atoms with Gasteiger partial charge in [0.05, 0.1) is 0 Å². The smallest absolute Gasteiger partial charge is 0.131 e. The summed E-state index contributed by atoms with van der Waals surface area (Å²) < 4.78 is 13.4. The Kier molecular flexibility index (Phi) is 2.77. The third-order valence-electron chi connectivity index (χ3n) is 2.78. The van der Waals surface area contributed by atoms with Crippen molar-refractivity contribution < 1.29 is 9.50 Å². The second-order valence-corrected chi connectivity index (χ2v) is 3.81. The van der Waals surface area contributed by atoms with Crippen LogP contribution in [-0.4, -0.2) is 31.3 Å². The number of nitrogens with zero attached hydrogens (tertiary/aromatic N) is 1. The van der Waals surface area contributed by atoms with Gasteiger partial charge in [0, 0.05) is 43.5 Å². The lowest BCUT2D eigenvalue weighted by atomic mass is 10.1. The van der Waals surface area contributed by atoms with Crippen LogP contribution in [0.25, 0.3) is 0 Å². The number of hydrogen-bond acceptors (Lipinski definition) is 3. The van der Waals surface area contributed by atoms with Crippen molar-refractivity contribution in [2.75, 3.05) is 31.1 Å². The normalized spacial score (nSPS) is 16.8. The quantitative estimate of drug-likeness (QED) is 0.732. The van der Waals surface area contributed by atoms with Crippen LogP contribution < -0.4 is 10.2 Å². The number of benzene rings is 1. The van der Waals surface area contributed by atoms with Gasteiger partial charge >= 0.3 is 0 Å². The van der Waals surface area contributed by atoms with Gasteiger partial charge in [-0.2, -0.15) is 0 Å². The van der Waals surface area contributed by atoms with Gasteiger partial charge in [0.25, 0.3) is 0 Å². The molecule has 0 saturated carbocycles. The van der Waals surface area contributed by atoms with Crippen molar-refractivity contribution in [3.05, 3.63) is 23.5 Å². The van der Waals surface area contributed by atoms with Gasteiger partial charge in [-0.1, -0.05) is 0 Å². The van der Waals surface area contributed by atoms with Crippen LogP contribution in [0.3, 0.4) is 0 Å². The molecule has 0 aliphatic carbocycles. The van der Waals surface area contributed by atoms with E-state index in [1.807, 2.05) is 0 Å². The molecule has 1 aromatic rings. The Morgan fingerprint density at radius 3 is 2.60 bits per heavy atom. The molecule has 2 N–H and O–H groups in total. The molecule has 0 atom stereocenters. The zero-order valence-corrected chi connectivity index (χ0v) is 8.76. The molecule has 0 bridgehead atoms. The zero-order chi connectivity index (χ0) is 10.8. The van der Waals surface area contributed by atoms with Gasteiger partial charge in [-0.25, -0.2) is 4.39 Å². The largest absolute Gasteiger partial charge is 0.507 e. The molecule has 4 heteroatoms. The molecule has 0 aromatic heterocycles. The first kappa shape index (κ1) is 10.2. The standard InChI is InChI=1S/C11H15FN2O/c1-8-10(12)6-9(7-11(8)15)14-4-2-13-3-5-14/h6-7,13,15H,2-5H2,1H3. The third-order valence-corrected chi connectivity index (χ3v) is 2.78. The van der Waals surface area contributed by atoms with Gasteiger partial charge in [-0.15, -0.1) is 0 Å². The number of halogens is 1. The topological polar surface area (TPSA) is 35.5 Å². The van der Waals surface area contributed by atoms with Crippen molar-refractivity contribution in [1.82, 2.24) is 5.32 Å². The van der Waals surface area contributed by atoms with E-state index in [9.17, 15) is 9.50 Å². The highest BCUT2D eigenvalue weighted by molar-refractivity contribution is 5.54. The van der Waals surface area contributed by atoms with E-state index in [1.54, 1.807) is 13.0 Å². The second kappa shape index (κ2) is 4.06. The SMILES string of the molecule is Cc1c(O)cc(N2CCNCC2)cc1F. The fourth-order valence-corrected chi connectivity index (χ4v) is 1.76. The first-order valence-corrected chi connectivity index (χ1v) is 5.13. The maximum Gasteiger partial charge on any atom is 0.131 e. The first-order valence-electron chi connectivity index (χ1n) is 5.13. The van der Waals surface area contributed by atoms with E-state index < -0.39 is 0 Å². The Labute approximate surface area is 88.5 Å². The minimum atomic E-state index is -0.344. The molecule has 1 aliphatic rings. The van der Waals surface area contributed by atoms with E-state index in [2.05, 4.69) is 10.2 Å². The lowest BCUT2D eigenvalue weighted by molar-refractivity contribution is 0.462. The Morgan fingerprint density at radius 2 is 2.00 bits per heavy atom. The maximum atomic E-state index is 13.4. The van der Waals surface area contributed by atoms with Gasteiger partial charge in [0.1, 0.15) is 11.6 Å². The van der Waals surface area contributed by atoms with Crippen LogP contribution >= 0.6 is 0 Å². The summed E-state index contributed by atoms with van der Waals surface area (Å²) in [5.41, 5.74) is 1.07. The Morgan fingerprint density at radius 1 is 1.33 bits per heavy atom. The van der Waals surface area contributed by atoms with Crippen LogP contribution in [0.5, 0.6) is 5.75 Å². The fraction of sp³-hybridized carbons (Fsp3) is 0.455. The number of anilines is 1. The molecule has 0 amide bonds. The molecule has 2 rings (SSSR count). The predicted molar refractivity (Wildman–Crippen MR) is 57.9 cm³/mol. The molecule has 0 radical (unpaired) electrons. The highest BCUT2D eigenvalue weighted by Gasteiger charge is 2.13. The van der Waals surface area contributed by atoms with Gasteiger partial charge in [-0.05, 0) is 13.0 Å². The molecule has 15 heavy (non-hydrogen) atoms. The van der Waals surface area contributed by atoms with Crippen molar-refractivity contribution in [2.45, 2.75) is 6.92 Å². The number of hydrogen-bond donors (Lipinski definition) is 2. The van der Waals surface area contributed by atoms with Gasteiger partial charge in [-0.3, -0.25) is 0 Å². The van der Waals surface area contributed by atoms with Crippen LogP contribution in [0.4, 0.5) is 10.1 Å². The molecule has 1 fully saturated rings. The molecular formula is C11H15FN2O. The summed E-state index contributed by atoms with van der Waals surface area (Å²) in [6.45, 7) is 5.07. The maximum absolute atomic E-state index is 13.4. The van der Waals surface area contributed by atoms with E-state index in [0.29, 0.717) is 5.56 Å². The summed E-state index contributed by atoms with van der Waals surface area (Å²) in [6.07, 6.45) is 0. The van der Waals surface area contributed by atoms with E-state index in [0.717, 1.165) is 31.9 Å². The Hall–Kier alpha value is -1.29. The zero-order valence-electron chi connectivity index (χ0n) is 8.76. The van der Waals surface area contributed by atoms with Crippen LogP contribution in [0, 0.1) is 12.7 Å². The highest BCUT2D eigenvalue weighted by Crippen LogP contribution is 2.27. The fourth-order valence-electron chi connectivity index (χ4n) is 1.76. The molecule has 1 saturated heterocycles. The van der Waals surface area contributed by atoms with Gasteiger partial charge in [0.2, 0.25) is 0 Å². The summed E-state index contributed by atoms with van der Waals surface area (Å²) in [5, 5.41) is 12.8. The molecule has 82 valence electrons. The van der Waals surface area contributed by atoms with Gasteiger partial charge < -0.3 is 15.3 Å². The van der Waals surface area contributed by atoms with E-state index in [1.165, 1.54) is 6.07 Å². The van der Waals surface area contributed by atoms with E-state index in [-0.39, 0.29) is 11.6 Å². The minimum absolute atomic E-state index is 0.0310. The molecule has 3 nitrogen and oxygen atoms in total. The predicted octanol–water partition coefficient (Wildman–Crippen LogP) is 1.25. The van der Waals surface area contributed by atoms with Crippen LogP contribution in [0.15, 0.2) is 12.1 Å². The molecule has 1 aliphatic heterocycles. The lowest BCUT2D eigenvalue weighted by Crippen LogP contribution is -2.43. The average molecular weight is 210 g/mol. The van der Waals surface area contributed by atoms with Crippen molar-refractivity contribution >= 4 is 5.69 Å². The van der Waals surface area contributed by atoms with E-state index >= 15 is 0 Å². The summed E-state index contributed by atoms with van der Waals surface area (Å²) in [5.74, 6) is -0.313. The van der Waals surface area contributed by atoms with Crippen LogP contribution in [0.2, 0.25) is 0 Å². The summed E-state index contributed by atoms with van der Waals surface area (Å²) in [6, 6.07) is 3.12. The number of phenolic OH excluding ortho intramolecular Hbond substituents is 1. The molecular weight excluding hydrogens is 195 g/mol. The third kappa shape index (κ3) is 2.04. The molecule has 0 unspecified atom stereocenters. The summed E-state index contributed by atoms with van der Waals surface area (Å²) in [7, 11) is 0. The monoisotopic (exact) mass is 210 g/mol. The van der Waals surface area contributed by atoms with Crippen molar-refractivity contribution in [2.24, 2.45) is 0 Å². The van der Waals surface area contributed by atoms with Crippen molar-refractivity contribution in [3.8, 4) is 5.75 Å². The van der Waals surface area contributed by atoms with E-state index in [4.69, 9.17) is 0 Å². The average Bonchev–Trinajstić information content (AvgIpc) is 2.26. The Balaban J connectivity index is 2.27. The number of rotatable bonds is 1. The van der Waals surface area contributed by atoms with Crippen LogP contribution in [-0.2, 0) is 0 Å². The van der Waals surface area contributed by atoms with Crippen molar-refractivity contribution in [1.29, 1.82) is 0 Å². The lowest BCUT2D eigenvalue weighted by Gasteiger charge is -2.29. The van der Waals surface area contributed by atoms with Crippen LogP contribution in [0.1, 0.15) is 5.56 Å². The highest BCUT2D eigenvalue weighted by atomic mass is 19.1. The number of piperazine rings is 1. The summed E-state index contributed by atoms with van der Waals surface area (Å²) >= 11 is 0. The van der Waals surface area contributed by atoms with Crippen molar-refractivity contribution in [3.63, 3.8) is 0 Å². The Bertz CT molecular complexity index is 339.